The Bertz CT molecular complexity index is 479. The molecular formula is C13H17N3S. The minimum absolute atomic E-state index is 0.789. The van der Waals surface area contributed by atoms with Gasteiger partial charge in [-0.15, -0.1) is 0 Å². The summed E-state index contributed by atoms with van der Waals surface area (Å²) in [5, 5.41) is 4.36. The summed E-state index contributed by atoms with van der Waals surface area (Å²) in [7, 11) is 0. The summed E-state index contributed by atoms with van der Waals surface area (Å²) < 4.78 is 1.99. The Hall–Kier alpha value is -1.42. The number of hydrogen-bond donors (Lipinski definition) is 1. The average molecular weight is 247 g/mol. The van der Waals surface area contributed by atoms with Crippen LogP contribution in [0.25, 0.3) is 11.1 Å². The van der Waals surface area contributed by atoms with Crippen LogP contribution >= 0.6 is 11.8 Å². The molecule has 0 radical (unpaired) electrons. The number of aryl methyl sites for hydroxylation is 1. The fourth-order valence-electron chi connectivity index (χ4n) is 1.66. The van der Waals surface area contributed by atoms with Crippen molar-refractivity contribution in [1.82, 2.24) is 9.78 Å². The maximum absolute atomic E-state index is 5.77. The molecule has 0 unspecified atom stereocenters. The molecule has 1 aromatic heterocycles. The SMILES string of the molecule is CCSCCn1cc(-c2cccc(N)c2)cn1. The van der Waals surface area contributed by atoms with Crippen LogP contribution in [0.5, 0.6) is 0 Å². The standard InChI is InChI=1S/C13H17N3S/c1-2-17-7-6-16-10-12(9-15-16)11-4-3-5-13(14)8-11/h3-5,8-10H,2,6-7,14H2,1H3. The van der Waals surface area contributed by atoms with E-state index in [1.54, 1.807) is 0 Å². The highest BCUT2D eigenvalue weighted by Crippen LogP contribution is 2.20. The minimum Gasteiger partial charge on any atom is -0.399 e. The van der Waals surface area contributed by atoms with E-state index in [1.165, 1.54) is 0 Å². The largest absolute Gasteiger partial charge is 0.399 e. The first-order valence-electron chi connectivity index (χ1n) is 5.75. The van der Waals surface area contributed by atoms with Crippen LogP contribution in [0, 0.1) is 0 Å². The van der Waals surface area contributed by atoms with Crippen LogP contribution in [0.1, 0.15) is 6.92 Å². The Labute approximate surface area is 106 Å². The molecular weight excluding hydrogens is 230 g/mol. The predicted molar refractivity (Wildman–Crippen MR) is 75.1 cm³/mol. The third-order valence-corrected chi connectivity index (χ3v) is 3.40. The van der Waals surface area contributed by atoms with Crippen LogP contribution < -0.4 is 5.73 Å². The summed E-state index contributed by atoms with van der Waals surface area (Å²) in [6, 6.07) is 7.89. The van der Waals surface area contributed by atoms with Crippen molar-refractivity contribution in [2.75, 3.05) is 17.2 Å². The summed E-state index contributed by atoms with van der Waals surface area (Å²) in [6.45, 7) is 3.13. The molecule has 0 spiro atoms. The zero-order valence-electron chi connectivity index (χ0n) is 9.97. The van der Waals surface area contributed by atoms with Gasteiger partial charge < -0.3 is 5.73 Å². The van der Waals surface area contributed by atoms with Crippen molar-refractivity contribution >= 4 is 17.4 Å². The highest BCUT2D eigenvalue weighted by Gasteiger charge is 2.01. The second-order valence-electron chi connectivity index (χ2n) is 3.81. The molecule has 17 heavy (non-hydrogen) atoms. The van der Waals surface area contributed by atoms with Crippen molar-refractivity contribution in [3.63, 3.8) is 0 Å². The number of nitrogen functional groups attached to an aromatic ring is 1. The lowest BCUT2D eigenvalue weighted by molar-refractivity contribution is 0.666. The molecule has 2 rings (SSSR count). The van der Waals surface area contributed by atoms with E-state index in [9.17, 15) is 0 Å². The molecule has 3 nitrogen and oxygen atoms in total. The van der Waals surface area contributed by atoms with Gasteiger partial charge in [-0.05, 0) is 23.4 Å². The number of nitrogens with two attached hydrogens (primary N) is 1. The summed E-state index contributed by atoms with van der Waals surface area (Å²) in [4.78, 5) is 0. The molecule has 90 valence electrons. The zero-order valence-corrected chi connectivity index (χ0v) is 10.8. The van der Waals surface area contributed by atoms with Crippen LogP contribution in [0.2, 0.25) is 0 Å². The molecule has 0 aliphatic heterocycles. The van der Waals surface area contributed by atoms with Gasteiger partial charge in [0.1, 0.15) is 0 Å². The molecule has 1 aromatic carbocycles. The number of benzene rings is 1. The highest BCUT2D eigenvalue weighted by atomic mass is 32.2. The summed E-state index contributed by atoms with van der Waals surface area (Å²) in [6.07, 6.45) is 3.97. The first kappa shape index (κ1) is 12.0. The lowest BCUT2D eigenvalue weighted by Crippen LogP contribution is -2.00. The van der Waals surface area contributed by atoms with E-state index in [0.29, 0.717) is 0 Å². The van der Waals surface area contributed by atoms with Crippen LogP contribution in [0.3, 0.4) is 0 Å². The Morgan fingerprint density at radius 3 is 3.00 bits per heavy atom. The summed E-state index contributed by atoms with van der Waals surface area (Å²) in [5.41, 5.74) is 8.81. The number of rotatable bonds is 5. The third kappa shape index (κ3) is 3.27. The minimum atomic E-state index is 0.789. The zero-order chi connectivity index (χ0) is 12.1. The average Bonchev–Trinajstić information content (AvgIpc) is 2.78. The molecule has 4 heteroatoms. The van der Waals surface area contributed by atoms with Crippen molar-refractivity contribution in [1.29, 1.82) is 0 Å². The van der Waals surface area contributed by atoms with Crippen molar-refractivity contribution in [3.8, 4) is 11.1 Å². The van der Waals surface area contributed by atoms with Gasteiger partial charge in [0.25, 0.3) is 0 Å². The van der Waals surface area contributed by atoms with Crippen LogP contribution in [-0.2, 0) is 6.54 Å². The quantitative estimate of drug-likeness (QED) is 0.652. The van der Waals surface area contributed by atoms with Crippen molar-refractivity contribution < 1.29 is 0 Å². The van der Waals surface area contributed by atoms with E-state index in [-0.39, 0.29) is 0 Å². The molecule has 0 saturated heterocycles. The van der Waals surface area contributed by atoms with Crippen LogP contribution in [-0.4, -0.2) is 21.3 Å². The monoisotopic (exact) mass is 247 g/mol. The van der Waals surface area contributed by atoms with Gasteiger partial charge in [-0.25, -0.2) is 0 Å². The van der Waals surface area contributed by atoms with Gasteiger partial charge in [0.2, 0.25) is 0 Å². The van der Waals surface area contributed by atoms with E-state index in [4.69, 9.17) is 5.73 Å². The van der Waals surface area contributed by atoms with Gasteiger partial charge in [0.05, 0.1) is 6.20 Å². The number of anilines is 1. The topological polar surface area (TPSA) is 43.8 Å². The van der Waals surface area contributed by atoms with E-state index in [2.05, 4.69) is 24.3 Å². The lowest BCUT2D eigenvalue weighted by atomic mass is 10.1. The molecule has 1 heterocycles. The second kappa shape index (κ2) is 5.77. The van der Waals surface area contributed by atoms with Gasteiger partial charge in [-0.2, -0.15) is 16.9 Å². The molecule has 0 atom stereocenters. The Morgan fingerprint density at radius 2 is 2.24 bits per heavy atom. The molecule has 2 N–H and O–H groups in total. The van der Waals surface area contributed by atoms with E-state index < -0.39 is 0 Å². The Balaban J connectivity index is 2.07. The highest BCUT2D eigenvalue weighted by molar-refractivity contribution is 7.99. The smallest absolute Gasteiger partial charge is 0.0568 e. The fraction of sp³-hybridized carbons (Fsp3) is 0.308. The predicted octanol–water partition coefficient (Wildman–Crippen LogP) is 2.89. The molecule has 0 saturated carbocycles. The summed E-state index contributed by atoms with van der Waals surface area (Å²) >= 11 is 1.93. The van der Waals surface area contributed by atoms with Gasteiger partial charge in [0, 0.05) is 29.7 Å². The fourth-order valence-corrected chi connectivity index (χ4v) is 2.26. The maximum Gasteiger partial charge on any atom is 0.0568 e. The van der Waals surface area contributed by atoms with Gasteiger partial charge in [0.15, 0.2) is 0 Å². The van der Waals surface area contributed by atoms with E-state index >= 15 is 0 Å². The van der Waals surface area contributed by atoms with E-state index in [0.717, 1.165) is 34.9 Å². The van der Waals surface area contributed by atoms with E-state index in [1.807, 2.05) is 40.8 Å². The van der Waals surface area contributed by atoms with Crippen molar-refractivity contribution in [3.05, 3.63) is 36.7 Å². The molecule has 0 aliphatic carbocycles. The Kier molecular flexibility index (Phi) is 4.09. The number of hydrogen-bond acceptors (Lipinski definition) is 3. The van der Waals surface area contributed by atoms with Crippen LogP contribution in [0.15, 0.2) is 36.7 Å². The number of aromatic nitrogens is 2. The molecule has 2 aromatic rings. The first-order chi connectivity index (χ1) is 8.29. The van der Waals surface area contributed by atoms with Crippen molar-refractivity contribution in [2.45, 2.75) is 13.5 Å². The Morgan fingerprint density at radius 1 is 1.35 bits per heavy atom. The van der Waals surface area contributed by atoms with Crippen LogP contribution in [0.4, 0.5) is 5.69 Å². The molecule has 0 fully saturated rings. The summed E-state index contributed by atoms with van der Waals surface area (Å²) in [5.74, 6) is 2.26. The lowest BCUT2D eigenvalue weighted by Gasteiger charge is -2.00. The number of nitrogens with zero attached hydrogens (tertiary/aromatic N) is 2. The second-order valence-corrected chi connectivity index (χ2v) is 5.21. The maximum atomic E-state index is 5.77. The molecule has 0 bridgehead atoms. The van der Waals surface area contributed by atoms with Gasteiger partial charge in [-0.3, -0.25) is 4.68 Å². The first-order valence-corrected chi connectivity index (χ1v) is 6.91. The van der Waals surface area contributed by atoms with Gasteiger partial charge >= 0.3 is 0 Å². The third-order valence-electron chi connectivity index (χ3n) is 2.52. The number of thioether (sulfide) groups is 1. The molecule has 0 amide bonds. The van der Waals surface area contributed by atoms with Gasteiger partial charge in [-0.1, -0.05) is 19.1 Å². The van der Waals surface area contributed by atoms with Crippen molar-refractivity contribution in [2.24, 2.45) is 0 Å². The molecule has 0 aliphatic rings. The normalized spacial score (nSPS) is 10.6.